The number of carbonyl (C=O) groups is 1. The first-order chi connectivity index (χ1) is 9.79. The van der Waals surface area contributed by atoms with Crippen LogP contribution in [0.1, 0.15) is 31.2 Å². The minimum absolute atomic E-state index is 0.0663. The van der Waals surface area contributed by atoms with Gasteiger partial charge in [-0.15, -0.1) is 0 Å². The largest absolute Gasteiger partial charge is 0.481 e. The normalized spacial score (nSPS) is 19.6. The van der Waals surface area contributed by atoms with Crippen molar-refractivity contribution in [2.45, 2.75) is 37.9 Å². The van der Waals surface area contributed by atoms with Gasteiger partial charge in [-0.3, -0.25) is 4.79 Å². The molecule has 0 aliphatic carbocycles. The van der Waals surface area contributed by atoms with Crippen LogP contribution in [0.4, 0.5) is 18.9 Å². The molecule has 1 fully saturated rings. The molecule has 0 aromatic heterocycles. The van der Waals surface area contributed by atoms with Gasteiger partial charge in [0, 0.05) is 22.7 Å². The fraction of sp³-hybridized carbons (Fsp3) is 0.500. The van der Waals surface area contributed by atoms with E-state index in [-0.39, 0.29) is 12.1 Å². The van der Waals surface area contributed by atoms with E-state index in [0.29, 0.717) is 17.4 Å². The van der Waals surface area contributed by atoms with Gasteiger partial charge in [0.15, 0.2) is 0 Å². The number of anilines is 1. The Morgan fingerprint density at radius 2 is 2.10 bits per heavy atom. The third-order valence-corrected chi connectivity index (χ3v) is 4.10. The lowest BCUT2D eigenvalue weighted by molar-refractivity contribution is -0.137. The second-order valence-corrected chi connectivity index (χ2v) is 6.02. The smallest absolute Gasteiger partial charge is 0.418 e. The Kier molecular flexibility index (Phi) is 4.81. The quantitative estimate of drug-likeness (QED) is 0.867. The van der Waals surface area contributed by atoms with Gasteiger partial charge in [-0.25, -0.2) is 0 Å². The highest BCUT2D eigenvalue weighted by molar-refractivity contribution is 9.10. The summed E-state index contributed by atoms with van der Waals surface area (Å²) in [6, 6.07) is 3.62. The van der Waals surface area contributed by atoms with E-state index >= 15 is 0 Å². The van der Waals surface area contributed by atoms with Crippen molar-refractivity contribution < 1.29 is 23.1 Å². The Morgan fingerprint density at radius 1 is 1.38 bits per heavy atom. The summed E-state index contributed by atoms with van der Waals surface area (Å²) in [5, 5.41) is 8.95. The number of carboxylic acids is 1. The van der Waals surface area contributed by atoms with Crippen molar-refractivity contribution in [3.05, 3.63) is 28.2 Å². The summed E-state index contributed by atoms with van der Waals surface area (Å²) in [7, 11) is 0. The van der Waals surface area contributed by atoms with Crippen molar-refractivity contribution in [1.29, 1.82) is 0 Å². The second kappa shape index (κ2) is 6.25. The molecule has 1 aliphatic rings. The van der Waals surface area contributed by atoms with Crippen LogP contribution in [0.15, 0.2) is 22.7 Å². The number of carboxylic acid groups (broad SMARTS) is 1. The van der Waals surface area contributed by atoms with Crippen molar-refractivity contribution in [2.75, 3.05) is 11.4 Å². The van der Waals surface area contributed by atoms with Gasteiger partial charge < -0.3 is 10.0 Å². The fourth-order valence-corrected chi connectivity index (χ4v) is 3.08. The molecule has 0 radical (unpaired) electrons. The molecule has 1 N–H and O–H groups in total. The van der Waals surface area contributed by atoms with Crippen molar-refractivity contribution >= 4 is 27.6 Å². The van der Waals surface area contributed by atoms with E-state index in [4.69, 9.17) is 5.11 Å². The predicted molar refractivity (Wildman–Crippen MR) is 76.4 cm³/mol. The molecule has 2 rings (SSSR count). The molecule has 3 nitrogen and oxygen atoms in total. The maximum atomic E-state index is 13.2. The number of hydrogen-bond acceptors (Lipinski definition) is 2. The van der Waals surface area contributed by atoms with Crippen LogP contribution in [0.3, 0.4) is 0 Å². The monoisotopic (exact) mass is 365 g/mol. The molecule has 21 heavy (non-hydrogen) atoms. The van der Waals surface area contributed by atoms with Gasteiger partial charge in [-0.2, -0.15) is 13.2 Å². The second-order valence-electron chi connectivity index (χ2n) is 5.10. The number of rotatable bonds is 3. The first-order valence-corrected chi connectivity index (χ1v) is 7.43. The third-order valence-electron chi connectivity index (χ3n) is 3.61. The maximum Gasteiger partial charge on any atom is 0.418 e. The van der Waals surface area contributed by atoms with Crippen LogP contribution >= 0.6 is 15.9 Å². The van der Waals surface area contributed by atoms with Gasteiger partial charge in [0.2, 0.25) is 0 Å². The third kappa shape index (κ3) is 3.90. The summed E-state index contributed by atoms with van der Waals surface area (Å²) in [5.74, 6) is -0.988. The van der Waals surface area contributed by atoms with Crippen LogP contribution in [-0.4, -0.2) is 23.7 Å². The number of halogens is 4. The zero-order chi connectivity index (χ0) is 15.6. The van der Waals surface area contributed by atoms with Gasteiger partial charge in [0.05, 0.1) is 12.0 Å². The lowest BCUT2D eigenvalue weighted by Crippen LogP contribution is -2.41. The number of nitrogens with zero attached hydrogens (tertiary/aromatic N) is 1. The van der Waals surface area contributed by atoms with Gasteiger partial charge in [0.1, 0.15) is 0 Å². The molecule has 1 aliphatic heterocycles. The van der Waals surface area contributed by atoms with Crippen molar-refractivity contribution in [3.63, 3.8) is 0 Å². The van der Waals surface area contributed by atoms with Gasteiger partial charge in [-0.05, 0) is 37.5 Å². The Labute approximate surface area is 128 Å². The fourth-order valence-electron chi connectivity index (χ4n) is 2.72. The molecule has 1 atom stereocenters. The summed E-state index contributed by atoms with van der Waals surface area (Å²) in [6.45, 7) is 0.447. The Balaban J connectivity index is 2.40. The van der Waals surface area contributed by atoms with E-state index in [1.54, 1.807) is 11.0 Å². The van der Waals surface area contributed by atoms with Crippen LogP contribution in [0.5, 0.6) is 0 Å². The zero-order valence-corrected chi connectivity index (χ0v) is 12.7. The summed E-state index contributed by atoms with van der Waals surface area (Å²) < 4.78 is 40.0. The molecule has 1 aromatic rings. The van der Waals surface area contributed by atoms with Crippen LogP contribution in [0.25, 0.3) is 0 Å². The molecule has 0 amide bonds. The Hall–Kier alpha value is -1.24. The molecule has 1 heterocycles. The number of alkyl halides is 3. The van der Waals surface area contributed by atoms with Gasteiger partial charge in [-0.1, -0.05) is 15.9 Å². The van der Waals surface area contributed by atoms with Crippen molar-refractivity contribution in [1.82, 2.24) is 0 Å². The van der Waals surface area contributed by atoms with Crippen LogP contribution in [0, 0.1) is 0 Å². The summed E-state index contributed by atoms with van der Waals surface area (Å²) >= 11 is 3.06. The lowest BCUT2D eigenvalue weighted by atomic mass is 9.97. The van der Waals surface area contributed by atoms with Crippen molar-refractivity contribution in [3.8, 4) is 0 Å². The SMILES string of the molecule is O=C(O)CC1CCCCN1c1ccc(Br)cc1C(F)(F)F. The average Bonchev–Trinajstić information content (AvgIpc) is 2.38. The van der Waals surface area contributed by atoms with E-state index in [0.717, 1.165) is 18.9 Å². The Morgan fingerprint density at radius 3 is 2.71 bits per heavy atom. The molecular weight excluding hydrogens is 351 g/mol. The first kappa shape index (κ1) is 16.1. The van der Waals surface area contributed by atoms with E-state index in [9.17, 15) is 18.0 Å². The summed E-state index contributed by atoms with van der Waals surface area (Å²) in [5.41, 5.74) is -0.661. The molecule has 116 valence electrons. The molecule has 1 unspecified atom stereocenters. The molecule has 1 aromatic carbocycles. The van der Waals surface area contributed by atoms with Gasteiger partial charge in [0.25, 0.3) is 0 Å². The first-order valence-electron chi connectivity index (χ1n) is 6.64. The van der Waals surface area contributed by atoms with E-state index in [1.807, 2.05) is 0 Å². The van der Waals surface area contributed by atoms with Crippen molar-refractivity contribution in [2.24, 2.45) is 0 Å². The maximum absolute atomic E-state index is 13.2. The highest BCUT2D eigenvalue weighted by Gasteiger charge is 2.37. The lowest BCUT2D eigenvalue weighted by Gasteiger charge is -2.38. The summed E-state index contributed by atoms with van der Waals surface area (Å²) in [6.07, 6.45) is -2.41. The topological polar surface area (TPSA) is 40.5 Å². The molecular formula is C14H15BrF3NO2. The summed E-state index contributed by atoms with van der Waals surface area (Å²) in [4.78, 5) is 12.5. The van der Waals surface area contributed by atoms with E-state index in [1.165, 1.54) is 6.07 Å². The molecule has 7 heteroatoms. The molecule has 0 saturated carbocycles. The number of piperidine rings is 1. The molecule has 0 bridgehead atoms. The molecule has 0 spiro atoms. The minimum atomic E-state index is -4.47. The number of hydrogen-bond donors (Lipinski definition) is 1. The van der Waals surface area contributed by atoms with E-state index < -0.39 is 23.8 Å². The van der Waals surface area contributed by atoms with Crippen LogP contribution in [-0.2, 0) is 11.0 Å². The number of aliphatic carboxylic acids is 1. The standard InChI is InChI=1S/C14H15BrF3NO2/c15-9-4-5-12(11(7-9)14(16,17)18)19-6-2-1-3-10(19)8-13(20)21/h4-5,7,10H,1-3,6,8H2,(H,20,21). The van der Waals surface area contributed by atoms with Crippen LogP contribution in [0.2, 0.25) is 0 Å². The minimum Gasteiger partial charge on any atom is -0.481 e. The average molecular weight is 366 g/mol. The number of benzene rings is 1. The Bertz CT molecular complexity index is 533. The van der Waals surface area contributed by atoms with E-state index in [2.05, 4.69) is 15.9 Å². The van der Waals surface area contributed by atoms with Crippen LogP contribution < -0.4 is 4.90 Å². The predicted octanol–water partition coefficient (Wildman–Crippen LogP) is 4.30. The zero-order valence-electron chi connectivity index (χ0n) is 11.2. The highest BCUT2D eigenvalue weighted by atomic mass is 79.9. The molecule has 1 saturated heterocycles. The highest BCUT2D eigenvalue weighted by Crippen LogP contribution is 2.40. The van der Waals surface area contributed by atoms with Gasteiger partial charge >= 0.3 is 12.1 Å².